The number of H-pyrrole nitrogens is 2. The zero-order valence-electron chi connectivity index (χ0n) is 43.1. The molecule has 8 atom stereocenters. The number of aromatic nitrogens is 4. The Morgan fingerprint density at radius 3 is 1.66 bits per heavy atom. The van der Waals surface area contributed by atoms with Gasteiger partial charge < -0.3 is 54.8 Å². The van der Waals surface area contributed by atoms with Crippen LogP contribution in [0.2, 0.25) is 0 Å². The summed E-state index contributed by atoms with van der Waals surface area (Å²) in [5.74, 6) is -3.06. The van der Waals surface area contributed by atoms with Crippen LogP contribution in [0.3, 0.4) is 0 Å². The van der Waals surface area contributed by atoms with E-state index in [0.717, 1.165) is 5.56 Å². The lowest BCUT2D eigenvalue weighted by Crippen LogP contribution is -2.54. The van der Waals surface area contributed by atoms with E-state index in [1.165, 1.54) is 57.7 Å². The van der Waals surface area contributed by atoms with Crippen LogP contribution in [0.25, 0.3) is 22.1 Å². The predicted molar refractivity (Wildman–Crippen MR) is 274 cm³/mol. The summed E-state index contributed by atoms with van der Waals surface area (Å²) in [5.41, 5.74) is 8.97. The normalized spacial score (nSPS) is 21.9. The number of aromatic amines is 2. The minimum Gasteiger partial charge on any atom is -0.453 e. The summed E-state index contributed by atoms with van der Waals surface area (Å²) in [5, 5.41) is 2.57. The average Bonchev–Trinajstić information content (AvgIpc) is 4.30. The van der Waals surface area contributed by atoms with Crippen LogP contribution >= 0.6 is 0 Å². The minimum absolute atomic E-state index is 0.0734. The van der Waals surface area contributed by atoms with Gasteiger partial charge in [0.25, 0.3) is 0 Å². The number of anilines is 2. The molecule has 76 heavy (non-hydrogen) atoms. The lowest BCUT2D eigenvalue weighted by Gasteiger charge is -2.36. The number of amides is 3. The maximum atomic E-state index is 16.9. The molecule has 21 heteroatoms. The van der Waals surface area contributed by atoms with Crippen molar-refractivity contribution in [1.82, 2.24) is 35.1 Å². The van der Waals surface area contributed by atoms with E-state index in [2.05, 4.69) is 15.3 Å². The van der Waals surface area contributed by atoms with Crippen LogP contribution in [0.5, 0.6) is 0 Å². The first-order chi connectivity index (χ1) is 36.6. The van der Waals surface area contributed by atoms with Gasteiger partial charge >= 0.3 is 6.09 Å². The Balaban J connectivity index is 0.995. The number of likely N-dealkylation sites (tertiary alicyclic amines) is 2. The molecule has 4 aromatic carbocycles. The van der Waals surface area contributed by atoms with Crippen LogP contribution in [0.4, 0.5) is 38.1 Å². The first-order valence-electron chi connectivity index (χ1n) is 26.0. The summed E-state index contributed by atoms with van der Waals surface area (Å²) in [7, 11) is 4.11. The topological polar surface area (TPSA) is 187 Å². The van der Waals surface area contributed by atoms with Crippen LogP contribution in [0.15, 0.2) is 60.7 Å². The van der Waals surface area contributed by atoms with E-state index in [4.69, 9.17) is 29.9 Å². The van der Waals surface area contributed by atoms with Gasteiger partial charge in [-0.3, -0.25) is 9.59 Å². The van der Waals surface area contributed by atoms with Gasteiger partial charge in [0.2, 0.25) is 11.8 Å². The molecule has 3 amide bonds. The standard InChI is InChI=1S/C55H63F5N10O6/c1-28(74-3)48(61)53(71)68-18-6-8-46(68)51-62-40-24-34(36(57)26-42(40)64-51)44-14-15-45(70(44)33-22-38(59)50(39(60)23-33)67-20-16-31(17-21-67)30-10-12-32(56)13-11-30)35-25-41-43(27-37(35)58)65-52(63-41)47-9-7-19-69(47)54(72)49(29(2)75-4)66-55(73)76-5/h10-13,22-29,31,44-49H,6-9,14-21,61H2,1-5H3,(H,62,64)(H,63,65)(H,66,73)/t28-,29-,44-,45-,46+,47-,48+,49+/m1/s1. The lowest BCUT2D eigenvalue weighted by molar-refractivity contribution is -0.138. The molecule has 4 saturated heterocycles. The zero-order valence-corrected chi connectivity index (χ0v) is 43.1. The monoisotopic (exact) mass is 1050 g/mol. The number of ether oxygens (including phenoxy) is 3. The SMILES string of the molecule is COC(=O)N[C@H](C(=O)N1CCC[C@@H]1c1nc2cc(F)c([C@H]3CC[C@H](c4cc5[nH]c([C@@H]6CCCN6C(=O)[C@@H](N)[C@@H](C)OC)nc5cc4F)N3c3cc(F)c(N4CCC(c5ccc(F)cc5)CC4)c(F)c3)cc2[nH]1)[C@@H](C)OC. The number of rotatable bonds is 14. The number of hydrogen-bond acceptors (Lipinski definition) is 11. The number of piperidine rings is 1. The molecule has 5 N–H and O–H groups in total. The van der Waals surface area contributed by atoms with Crippen LogP contribution < -0.4 is 20.9 Å². The fraction of sp³-hybridized carbons (Fsp3) is 0.473. The van der Waals surface area contributed by atoms with Crippen LogP contribution in [0.1, 0.15) is 124 Å². The first kappa shape index (κ1) is 52.6. The third-order valence-corrected chi connectivity index (χ3v) is 16.2. The maximum absolute atomic E-state index is 16.9. The van der Waals surface area contributed by atoms with Gasteiger partial charge in [0.15, 0.2) is 11.6 Å². The number of hydrogen-bond donors (Lipinski definition) is 4. The van der Waals surface area contributed by atoms with Gasteiger partial charge in [-0.15, -0.1) is 0 Å². The highest BCUT2D eigenvalue weighted by Crippen LogP contribution is 2.50. The summed E-state index contributed by atoms with van der Waals surface area (Å²) >= 11 is 0. The molecule has 0 spiro atoms. The van der Waals surface area contributed by atoms with Gasteiger partial charge in [0, 0.05) is 69.3 Å². The summed E-state index contributed by atoms with van der Waals surface area (Å²) in [6.45, 7) is 4.87. The van der Waals surface area contributed by atoms with Crippen molar-refractivity contribution in [1.29, 1.82) is 0 Å². The van der Waals surface area contributed by atoms with Crippen molar-refractivity contribution in [3.8, 4) is 0 Å². The molecule has 4 aliphatic heterocycles. The van der Waals surface area contributed by atoms with Crippen LogP contribution in [-0.4, -0.2) is 119 Å². The Morgan fingerprint density at radius 2 is 1.16 bits per heavy atom. The second-order valence-electron chi connectivity index (χ2n) is 20.5. The minimum atomic E-state index is -1.07. The van der Waals surface area contributed by atoms with Crippen LogP contribution in [-0.2, 0) is 23.8 Å². The summed E-state index contributed by atoms with van der Waals surface area (Å²) in [6, 6.07) is 9.84. The van der Waals surface area contributed by atoms with Crippen molar-refractivity contribution in [3.05, 3.63) is 118 Å². The molecule has 6 aromatic rings. The highest BCUT2D eigenvalue weighted by atomic mass is 19.1. The smallest absolute Gasteiger partial charge is 0.407 e. The molecule has 2 aromatic heterocycles. The van der Waals surface area contributed by atoms with E-state index in [1.807, 2.05) is 0 Å². The molecule has 16 nitrogen and oxygen atoms in total. The van der Waals surface area contributed by atoms with Crippen molar-refractivity contribution < 1.29 is 50.5 Å². The number of benzene rings is 4. The van der Waals surface area contributed by atoms with Crippen molar-refractivity contribution in [3.63, 3.8) is 0 Å². The quantitative estimate of drug-likeness (QED) is 0.0763. The van der Waals surface area contributed by atoms with Gasteiger partial charge in [0.05, 0.1) is 65.6 Å². The van der Waals surface area contributed by atoms with E-state index in [0.29, 0.717) is 92.9 Å². The van der Waals surface area contributed by atoms with Gasteiger partial charge in [-0.25, -0.2) is 36.7 Å². The third kappa shape index (κ3) is 9.92. The van der Waals surface area contributed by atoms with Gasteiger partial charge in [-0.05, 0) is 113 Å². The number of alkyl carbamates (subject to hydrolysis) is 1. The first-order valence-corrected chi connectivity index (χ1v) is 26.0. The van der Waals surface area contributed by atoms with Gasteiger partial charge in [-0.1, -0.05) is 12.1 Å². The highest BCUT2D eigenvalue weighted by molar-refractivity contribution is 5.87. The number of nitrogens with one attached hydrogen (secondary N) is 3. The lowest BCUT2D eigenvalue weighted by atomic mass is 9.89. The molecule has 4 aliphatic rings. The van der Waals surface area contributed by atoms with E-state index >= 15 is 17.6 Å². The predicted octanol–water partition coefficient (Wildman–Crippen LogP) is 9.05. The molecule has 0 radical (unpaired) electrons. The highest BCUT2D eigenvalue weighted by Gasteiger charge is 2.43. The van der Waals surface area contributed by atoms with E-state index in [-0.39, 0.29) is 58.5 Å². The number of methoxy groups -OCH3 is 3. The van der Waals surface area contributed by atoms with Crippen molar-refractivity contribution in [2.75, 3.05) is 57.3 Å². The summed E-state index contributed by atoms with van der Waals surface area (Å²) in [4.78, 5) is 62.6. The third-order valence-electron chi connectivity index (χ3n) is 16.2. The molecule has 0 unspecified atom stereocenters. The Morgan fingerprint density at radius 1 is 0.645 bits per heavy atom. The largest absolute Gasteiger partial charge is 0.453 e. The summed E-state index contributed by atoms with van der Waals surface area (Å²) < 4.78 is 96.7. The van der Waals surface area contributed by atoms with Crippen molar-refractivity contribution in [2.45, 2.75) is 120 Å². The van der Waals surface area contributed by atoms with E-state index in [9.17, 15) is 18.8 Å². The fourth-order valence-electron chi connectivity index (χ4n) is 12.0. The number of imidazole rings is 2. The Hall–Kier alpha value is -6.84. The van der Waals surface area contributed by atoms with Crippen molar-refractivity contribution >= 4 is 51.3 Å². The van der Waals surface area contributed by atoms with E-state index < -0.39 is 83.7 Å². The Labute approximate surface area is 436 Å². The molecular weight excluding hydrogens is 992 g/mol. The number of carbonyl (C=O) groups excluding carboxylic acids is 3. The number of halogens is 5. The number of nitrogens with zero attached hydrogens (tertiary/aromatic N) is 6. The molecule has 0 bridgehead atoms. The average molecular weight is 1060 g/mol. The molecule has 10 rings (SSSR count). The molecule has 0 saturated carbocycles. The Kier molecular flexibility index (Phi) is 15.0. The number of carbonyl (C=O) groups is 3. The number of fused-ring (bicyclic) bond motifs is 2. The molecular formula is C55H63F5N10O6. The molecule has 4 fully saturated rings. The Bertz CT molecular complexity index is 3110. The molecule has 0 aliphatic carbocycles. The van der Waals surface area contributed by atoms with Gasteiger partial charge in [0.1, 0.15) is 46.9 Å². The molecule has 6 heterocycles. The molecule has 404 valence electrons. The van der Waals surface area contributed by atoms with E-state index in [1.54, 1.807) is 57.7 Å². The number of nitrogens with two attached hydrogens (primary N) is 1. The second kappa shape index (κ2) is 21.7. The fourth-order valence-corrected chi connectivity index (χ4v) is 12.0. The van der Waals surface area contributed by atoms with Gasteiger partial charge in [-0.2, -0.15) is 0 Å². The van der Waals surface area contributed by atoms with Crippen LogP contribution in [0, 0.1) is 29.1 Å². The zero-order chi connectivity index (χ0) is 53.7. The second-order valence-corrected chi connectivity index (χ2v) is 20.5. The summed E-state index contributed by atoms with van der Waals surface area (Å²) in [6.07, 6.45) is 2.09. The maximum Gasteiger partial charge on any atom is 0.407 e. The van der Waals surface area contributed by atoms with Crippen molar-refractivity contribution in [2.24, 2.45) is 5.73 Å².